The Kier molecular flexibility index (Phi) is 5.21. The van der Waals surface area contributed by atoms with Crippen molar-refractivity contribution < 1.29 is 5.11 Å². The third-order valence-electron chi connectivity index (χ3n) is 3.84. The lowest BCUT2D eigenvalue weighted by Crippen LogP contribution is -2.41. The Morgan fingerprint density at radius 1 is 1.50 bits per heavy atom. The zero-order valence-electron chi connectivity index (χ0n) is 10.7. The van der Waals surface area contributed by atoms with E-state index in [2.05, 4.69) is 33.0 Å². The van der Waals surface area contributed by atoms with Crippen LogP contribution in [0.3, 0.4) is 0 Å². The molecule has 0 saturated carbocycles. The molecule has 0 aliphatic carbocycles. The highest BCUT2D eigenvalue weighted by atomic mass is 79.9. The Labute approximate surface area is 121 Å². The third kappa shape index (κ3) is 3.33. The maximum absolute atomic E-state index is 9.63. The topological polar surface area (TPSA) is 49.5 Å². The van der Waals surface area contributed by atoms with E-state index in [0.29, 0.717) is 18.5 Å². The maximum atomic E-state index is 9.63. The standard InChI is InChI=1S/C13H21BrN2OS/c1-9(17)10-4-6-16(7-5-10)11(8-15)12-2-3-13(14)18-12/h2-3,9-11,17H,4-8,15H2,1H3. The molecule has 1 aliphatic heterocycles. The van der Waals surface area contributed by atoms with E-state index in [9.17, 15) is 5.11 Å². The van der Waals surface area contributed by atoms with Crippen LogP contribution in [0.15, 0.2) is 15.9 Å². The van der Waals surface area contributed by atoms with Crippen LogP contribution >= 0.6 is 27.3 Å². The highest BCUT2D eigenvalue weighted by Crippen LogP contribution is 2.33. The first-order valence-corrected chi connectivity index (χ1v) is 8.10. The monoisotopic (exact) mass is 332 g/mol. The quantitative estimate of drug-likeness (QED) is 0.890. The second-order valence-electron chi connectivity index (χ2n) is 5.01. The summed E-state index contributed by atoms with van der Waals surface area (Å²) in [6, 6.07) is 4.58. The van der Waals surface area contributed by atoms with Crippen molar-refractivity contribution in [3.8, 4) is 0 Å². The Morgan fingerprint density at radius 2 is 2.17 bits per heavy atom. The zero-order chi connectivity index (χ0) is 13.1. The summed E-state index contributed by atoms with van der Waals surface area (Å²) in [4.78, 5) is 3.79. The number of piperidine rings is 1. The van der Waals surface area contributed by atoms with Crippen molar-refractivity contribution in [2.24, 2.45) is 11.7 Å². The van der Waals surface area contributed by atoms with Crippen LogP contribution in [0, 0.1) is 5.92 Å². The second kappa shape index (κ2) is 6.48. The van der Waals surface area contributed by atoms with Gasteiger partial charge in [-0.05, 0) is 66.8 Å². The average Bonchev–Trinajstić information content (AvgIpc) is 2.77. The molecule has 1 aromatic rings. The highest BCUT2D eigenvalue weighted by Gasteiger charge is 2.27. The molecule has 1 saturated heterocycles. The molecule has 2 unspecified atom stereocenters. The summed E-state index contributed by atoms with van der Waals surface area (Å²) < 4.78 is 1.16. The van der Waals surface area contributed by atoms with Crippen LogP contribution in [0.25, 0.3) is 0 Å². The smallest absolute Gasteiger partial charge is 0.0702 e. The lowest BCUT2D eigenvalue weighted by molar-refractivity contribution is 0.0575. The number of hydrogen-bond donors (Lipinski definition) is 2. The minimum Gasteiger partial charge on any atom is -0.393 e. The fraction of sp³-hybridized carbons (Fsp3) is 0.692. The predicted molar refractivity (Wildman–Crippen MR) is 79.8 cm³/mol. The van der Waals surface area contributed by atoms with Gasteiger partial charge >= 0.3 is 0 Å². The fourth-order valence-electron chi connectivity index (χ4n) is 2.67. The summed E-state index contributed by atoms with van der Waals surface area (Å²) in [5.41, 5.74) is 5.94. The van der Waals surface area contributed by atoms with Gasteiger partial charge in [0.2, 0.25) is 0 Å². The van der Waals surface area contributed by atoms with Gasteiger partial charge in [-0.3, -0.25) is 4.90 Å². The van der Waals surface area contributed by atoms with Gasteiger partial charge in [-0.1, -0.05) is 0 Å². The van der Waals surface area contributed by atoms with Crippen LogP contribution in [-0.2, 0) is 0 Å². The molecule has 0 aromatic carbocycles. The maximum Gasteiger partial charge on any atom is 0.0702 e. The predicted octanol–water partition coefficient (Wildman–Crippen LogP) is 2.60. The van der Waals surface area contributed by atoms with E-state index in [0.717, 1.165) is 29.7 Å². The summed E-state index contributed by atoms with van der Waals surface area (Å²) in [6.45, 7) is 4.63. The van der Waals surface area contributed by atoms with Gasteiger partial charge in [-0.2, -0.15) is 0 Å². The van der Waals surface area contributed by atoms with Crippen LogP contribution in [-0.4, -0.2) is 35.7 Å². The highest BCUT2D eigenvalue weighted by molar-refractivity contribution is 9.11. The molecule has 0 amide bonds. The number of likely N-dealkylation sites (tertiary alicyclic amines) is 1. The molecule has 3 N–H and O–H groups in total. The second-order valence-corrected chi connectivity index (χ2v) is 7.50. The molecule has 2 atom stereocenters. The van der Waals surface area contributed by atoms with Crippen molar-refractivity contribution >= 4 is 27.3 Å². The van der Waals surface area contributed by atoms with E-state index in [1.807, 2.05) is 6.92 Å². The molecule has 0 bridgehead atoms. The van der Waals surface area contributed by atoms with Crippen LogP contribution in [0.4, 0.5) is 0 Å². The van der Waals surface area contributed by atoms with E-state index in [1.165, 1.54) is 4.88 Å². The number of nitrogens with zero attached hydrogens (tertiary/aromatic N) is 1. The molecular formula is C13H21BrN2OS. The van der Waals surface area contributed by atoms with E-state index < -0.39 is 0 Å². The van der Waals surface area contributed by atoms with Crippen molar-refractivity contribution in [1.29, 1.82) is 0 Å². The number of hydrogen-bond acceptors (Lipinski definition) is 4. The molecule has 0 spiro atoms. The molecular weight excluding hydrogens is 312 g/mol. The van der Waals surface area contributed by atoms with E-state index in [4.69, 9.17) is 5.73 Å². The van der Waals surface area contributed by atoms with E-state index >= 15 is 0 Å². The zero-order valence-corrected chi connectivity index (χ0v) is 13.1. The van der Waals surface area contributed by atoms with Crippen molar-refractivity contribution in [1.82, 2.24) is 4.90 Å². The summed E-state index contributed by atoms with van der Waals surface area (Å²) in [7, 11) is 0. The molecule has 0 radical (unpaired) electrons. The van der Waals surface area contributed by atoms with Crippen LogP contribution in [0.1, 0.15) is 30.7 Å². The first-order chi connectivity index (χ1) is 8.61. The SMILES string of the molecule is CC(O)C1CCN(C(CN)c2ccc(Br)s2)CC1. The lowest BCUT2D eigenvalue weighted by atomic mass is 9.91. The molecule has 2 heterocycles. The van der Waals surface area contributed by atoms with Crippen molar-refractivity contribution in [3.05, 3.63) is 20.8 Å². The number of aliphatic hydroxyl groups excluding tert-OH is 1. The van der Waals surface area contributed by atoms with Gasteiger partial charge in [-0.15, -0.1) is 11.3 Å². The lowest BCUT2D eigenvalue weighted by Gasteiger charge is -2.37. The van der Waals surface area contributed by atoms with Crippen LogP contribution in [0.5, 0.6) is 0 Å². The minimum atomic E-state index is -0.181. The summed E-state index contributed by atoms with van der Waals surface area (Å²) in [6.07, 6.45) is 1.96. The minimum absolute atomic E-state index is 0.181. The Morgan fingerprint density at radius 3 is 2.61 bits per heavy atom. The molecule has 1 fully saturated rings. The average molecular weight is 333 g/mol. The fourth-order valence-corrected chi connectivity index (χ4v) is 4.24. The number of aliphatic hydroxyl groups is 1. The van der Waals surface area contributed by atoms with Crippen molar-refractivity contribution in [3.63, 3.8) is 0 Å². The van der Waals surface area contributed by atoms with Gasteiger partial charge in [0, 0.05) is 11.4 Å². The Bertz CT molecular complexity index is 375. The Hall–Kier alpha value is 0.0600. The largest absolute Gasteiger partial charge is 0.393 e. The van der Waals surface area contributed by atoms with Crippen molar-refractivity contribution in [2.45, 2.75) is 31.9 Å². The van der Waals surface area contributed by atoms with E-state index in [1.54, 1.807) is 11.3 Å². The molecule has 5 heteroatoms. The molecule has 3 nitrogen and oxygen atoms in total. The first-order valence-electron chi connectivity index (χ1n) is 6.49. The molecule has 102 valence electrons. The Balaban J connectivity index is 1.98. The third-order valence-corrected chi connectivity index (χ3v) is 5.57. The van der Waals surface area contributed by atoms with Gasteiger partial charge in [0.25, 0.3) is 0 Å². The summed E-state index contributed by atoms with van der Waals surface area (Å²) in [5.74, 6) is 0.453. The summed E-state index contributed by atoms with van der Waals surface area (Å²) in [5, 5.41) is 9.63. The van der Waals surface area contributed by atoms with Crippen molar-refractivity contribution in [2.75, 3.05) is 19.6 Å². The molecule has 18 heavy (non-hydrogen) atoms. The van der Waals surface area contributed by atoms with Gasteiger partial charge in [0.1, 0.15) is 0 Å². The first kappa shape index (κ1) is 14.5. The number of nitrogens with two attached hydrogens (primary N) is 1. The van der Waals surface area contributed by atoms with Gasteiger partial charge in [-0.25, -0.2) is 0 Å². The van der Waals surface area contributed by atoms with Crippen LogP contribution in [0.2, 0.25) is 0 Å². The molecule has 1 aliphatic rings. The number of rotatable bonds is 4. The molecule has 1 aromatic heterocycles. The van der Waals surface area contributed by atoms with Crippen LogP contribution < -0.4 is 5.73 Å². The van der Waals surface area contributed by atoms with E-state index in [-0.39, 0.29) is 6.10 Å². The normalized spacial score (nSPS) is 22.0. The van der Waals surface area contributed by atoms with Gasteiger partial charge in [0.05, 0.1) is 15.9 Å². The molecule has 2 rings (SSSR count). The number of halogens is 1. The summed E-state index contributed by atoms with van der Waals surface area (Å²) >= 11 is 5.28. The van der Waals surface area contributed by atoms with Gasteiger partial charge < -0.3 is 10.8 Å². The number of thiophene rings is 1. The van der Waals surface area contributed by atoms with Gasteiger partial charge in [0.15, 0.2) is 0 Å².